The Hall–Kier alpha value is -3.32. The van der Waals surface area contributed by atoms with Gasteiger partial charge in [-0.1, -0.05) is 38.1 Å². The summed E-state index contributed by atoms with van der Waals surface area (Å²) >= 11 is 5.72. The second kappa shape index (κ2) is 10.3. The van der Waals surface area contributed by atoms with E-state index in [4.69, 9.17) is 25.8 Å². The summed E-state index contributed by atoms with van der Waals surface area (Å²) in [6.07, 6.45) is 4.04. The number of alkyl carbamates (subject to hydrolysis) is 1. The van der Waals surface area contributed by atoms with Gasteiger partial charge in [0.2, 0.25) is 5.28 Å². The van der Waals surface area contributed by atoms with Gasteiger partial charge in [0.25, 0.3) is 0 Å². The quantitative estimate of drug-likeness (QED) is 0.357. The molecule has 36 heavy (non-hydrogen) atoms. The average Bonchev–Trinajstić information content (AvgIpc) is 2.79. The third kappa shape index (κ3) is 6.66. The van der Waals surface area contributed by atoms with Crippen molar-refractivity contribution < 1.29 is 19.0 Å². The maximum absolute atomic E-state index is 11.9. The molecule has 3 aromatic rings. The number of nitrogens with zero attached hydrogens (tertiary/aromatic N) is 2. The van der Waals surface area contributed by atoms with Crippen LogP contribution in [0.15, 0.2) is 60.9 Å². The zero-order chi connectivity index (χ0) is 25.9. The second-order valence-electron chi connectivity index (χ2n) is 10.6. The normalized spacial score (nSPS) is 17.6. The molecule has 0 spiro atoms. The van der Waals surface area contributed by atoms with Gasteiger partial charge in [-0.05, 0) is 67.8 Å². The fourth-order valence-corrected chi connectivity index (χ4v) is 4.03. The van der Waals surface area contributed by atoms with Gasteiger partial charge in [-0.25, -0.2) is 14.8 Å². The summed E-state index contributed by atoms with van der Waals surface area (Å²) in [4.78, 5) is 19.8. The highest BCUT2D eigenvalue weighted by Gasteiger charge is 2.34. The van der Waals surface area contributed by atoms with Gasteiger partial charge >= 0.3 is 6.09 Å². The van der Waals surface area contributed by atoms with Crippen LogP contribution in [0.2, 0.25) is 5.28 Å². The molecule has 0 bridgehead atoms. The van der Waals surface area contributed by atoms with Crippen molar-refractivity contribution in [2.45, 2.75) is 70.6 Å². The van der Waals surface area contributed by atoms with E-state index < -0.39 is 0 Å². The number of halogens is 1. The number of aromatic nitrogens is 2. The fraction of sp³-hybridized carbons (Fsp3) is 0.393. The molecule has 1 heterocycles. The Morgan fingerprint density at radius 1 is 0.833 bits per heavy atom. The van der Waals surface area contributed by atoms with E-state index in [9.17, 15) is 4.79 Å². The Balaban J connectivity index is 1.30. The molecular weight excluding hydrogens is 478 g/mol. The lowest BCUT2D eigenvalue weighted by Crippen LogP contribution is -2.46. The van der Waals surface area contributed by atoms with Crippen molar-refractivity contribution in [2.24, 2.45) is 0 Å². The van der Waals surface area contributed by atoms with Crippen LogP contribution in [0.25, 0.3) is 0 Å². The van der Waals surface area contributed by atoms with E-state index in [-0.39, 0.29) is 34.5 Å². The molecule has 1 saturated carbocycles. The molecule has 1 aliphatic rings. The predicted molar refractivity (Wildman–Crippen MR) is 139 cm³/mol. The molecule has 1 amide bonds. The zero-order valence-electron chi connectivity index (χ0n) is 21.2. The van der Waals surface area contributed by atoms with E-state index in [1.54, 1.807) is 0 Å². The molecular formula is C28H32ClN3O4. The molecule has 8 heteroatoms. The van der Waals surface area contributed by atoms with Crippen molar-refractivity contribution in [1.82, 2.24) is 15.3 Å². The lowest BCUT2D eigenvalue weighted by molar-refractivity contribution is -0.0243. The van der Waals surface area contributed by atoms with Gasteiger partial charge in [-0.2, -0.15) is 0 Å². The van der Waals surface area contributed by atoms with Crippen LogP contribution in [-0.4, -0.2) is 33.8 Å². The van der Waals surface area contributed by atoms with Gasteiger partial charge in [-0.3, -0.25) is 0 Å². The Morgan fingerprint density at radius 2 is 1.36 bits per heavy atom. The van der Waals surface area contributed by atoms with E-state index >= 15 is 0 Å². The van der Waals surface area contributed by atoms with Crippen molar-refractivity contribution in [2.75, 3.05) is 0 Å². The number of amides is 1. The summed E-state index contributed by atoms with van der Waals surface area (Å²) in [5.41, 5.74) is 1.80. The Bertz CT molecular complexity index is 1170. The van der Waals surface area contributed by atoms with E-state index in [0.29, 0.717) is 24.3 Å². The predicted octanol–water partition coefficient (Wildman–Crippen LogP) is 6.68. The number of carbonyl (C=O) groups is 1. The van der Waals surface area contributed by atoms with Crippen LogP contribution >= 0.6 is 11.6 Å². The van der Waals surface area contributed by atoms with Crippen LogP contribution in [0.3, 0.4) is 0 Å². The average molecular weight is 510 g/mol. The van der Waals surface area contributed by atoms with Crippen molar-refractivity contribution in [3.05, 3.63) is 77.3 Å². The van der Waals surface area contributed by atoms with Crippen LogP contribution in [0, 0.1) is 0 Å². The third-order valence-electron chi connectivity index (χ3n) is 6.09. The minimum Gasteiger partial charge on any atom is -0.490 e. The first-order valence-corrected chi connectivity index (χ1v) is 12.4. The number of benzene rings is 2. The monoisotopic (exact) mass is 509 g/mol. The number of ether oxygens (including phenoxy) is 3. The lowest BCUT2D eigenvalue weighted by Gasteiger charge is -2.35. The molecule has 2 aromatic carbocycles. The maximum atomic E-state index is 11.9. The number of hydrogen-bond acceptors (Lipinski definition) is 6. The van der Waals surface area contributed by atoms with Crippen molar-refractivity contribution in [1.29, 1.82) is 0 Å². The first-order valence-electron chi connectivity index (χ1n) is 12.0. The molecule has 0 radical (unpaired) electrons. The van der Waals surface area contributed by atoms with E-state index in [1.807, 2.05) is 45.0 Å². The number of rotatable bonds is 7. The molecule has 0 saturated heterocycles. The van der Waals surface area contributed by atoms with Crippen LogP contribution in [-0.2, 0) is 10.2 Å². The lowest BCUT2D eigenvalue weighted by atomic mass is 9.78. The number of carbonyl (C=O) groups excluding carboxylic acids is 1. The van der Waals surface area contributed by atoms with Gasteiger partial charge in [0.15, 0.2) is 5.75 Å². The molecule has 190 valence electrons. The first-order chi connectivity index (χ1) is 17.0. The van der Waals surface area contributed by atoms with Crippen molar-refractivity contribution >= 4 is 17.7 Å². The Morgan fingerprint density at radius 3 is 1.89 bits per heavy atom. The summed E-state index contributed by atoms with van der Waals surface area (Å²) in [6, 6.07) is 16.1. The van der Waals surface area contributed by atoms with E-state index in [0.717, 1.165) is 11.3 Å². The molecule has 0 aliphatic heterocycles. The largest absolute Gasteiger partial charge is 0.490 e. The fourth-order valence-electron chi connectivity index (χ4n) is 3.94. The number of nitrogens with one attached hydrogen (secondary N) is 1. The van der Waals surface area contributed by atoms with Crippen molar-refractivity contribution in [3.8, 4) is 17.2 Å². The van der Waals surface area contributed by atoms with Gasteiger partial charge < -0.3 is 19.5 Å². The van der Waals surface area contributed by atoms with Gasteiger partial charge in [0.05, 0.1) is 12.4 Å². The van der Waals surface area contributed by atoms with Crippen LogP contribution in [0.5, 0.6) is 17.2 Å². The van der Waals surface area contributed by atoms with Crippen molar-refractivity contribution in [3.63, 3.8) is 0 Å². The molecule has 1 aliphatic carbocycles. The van der Waals surface area contributed by atoms with Gasteiger partial charge in [0.1, 0.15) is 23.7 Å². The standard InChI is InChI=1S/C28H32ClN3O4/c1-27(2,3)32-26(33)36-23-14-22(15-23)34-20-10-6-18(7-11-20)28(4,5)19-8-12-21(13-9-19)35-24-16-30-25(29)31-17-24/h6-13,16-17,22-23H,14-15H2,1-5H3,(H,32,33). The smallest absolute Gasteiger partial charge is 0.407 e. The first kappa shape index (κ1) is 25.8. The molecule has 1 aromatic heterocycles. The molecule has 1 N–H and O–H groups in total. The maximum Gasteiger partial charge on any atom is 0.407 e. The topological polar surface area (TPSA) is 82.6 Å². The highest BCUT2D eigenvalue weighted by Crippen LogP contribution is 2.35. The zero-order valence-corrected chi connectivity index (χ0v) is 22.0. The van der Waals surface area contributed by atoms with Crippen LogP contribution in [0.1, 0.15) is 58.6 Å². The molecule has 0 unspecified atom stereocenters. The number of hydrogen-bond donors (Lipinski definition) is 1. The molecule has 1 fully saturated rings. The summed E-state index contributed by atoms with van der Waals surface area (Å²) in [5, 5.41) is 3.00. The molecule has 7 nitrogen and oxygen atoms in total. The molecule has 4 rings (SSSR count). The second-order valence-corrected chi connectivity index (χ2v) is 10.9. The van der Waals surface area contributed by atoms with Gasteiger partial charge in [-0.15, -0.1) is 0 Å². The Labute approximate surface area is 217 Å². The highest BCUT2D eigenvalue weighted by atomic mass is 35.5. The summed E-state index contributed by atoms with van der Waals surface area (Å²) in [7, 11) is 0. The molecule has 0 atom stereocenters. The Kier molecular flexibility index (Phi) is 7.41. The minimum absolute atomic E-state index is 0.0508. The summed E-state index contributed by atoms with van der Waals surface area (Å²) in [6.45, 7) is 10.1. The summed E-state index contributed by atoms with van der Waals surface area (Å²) < 4.78 is 17.3. The van der Waals surface area contributed by atoms with E-state index in [2.05, 4.69) is 53.4 Å². The van der Waals surface area contributed by atoms with Crippen LogP contribution < -0.4 is 14.8 Å². The van der Waals surface area contributed by atoms with Gasteiger partial charge in [0, 0.05) is 23.8 Å². The minimum atomic E-state index is -0.379. The van der Waals surface area contributed by atoms with Crippen LogP contribution in [0.4, 0.5) is 4.79 Å². The third-order valence-corrected chi connectivity index (χ3v) is 6.28. The SMILES string of the molecule is CC(C)(C)NC(=O)OC1CC(Oc2ccc(C(C)(C)c3ccc(Oc4cnc(Cl)nc4)cc3)cc2)C1. The van der Waals surface area contributed by atoms with E-state index in [1.165, 1.54) is 18.0 Å². The summed E-state index contributed by atoms with van der Waals surface area (Å²) in [5.74, 6) is 2.04. The highest BCUT2D eigenvalue weighted by molar-refractivity contribution is 6.28.